The predicted molar refractivity (Wildman–Crippen MR) is 65.8 cm³/mol. The van der Waals surface area contributed by atoms with Crippen molar-refractivity contribution in [3.05, 3.63) is 17.3 Å². The Kier molecular flexibility index (Phi) is 3.23. The van der Waals surface area contributed by atoms with Crippen molar-refractivity contribution in [3.8, 4) is 10.8 Å². The van der Waals surface area contributed by atoms with E-state index in [-0.39, 0.29) is 11.8 Å². The van der Waals surface area contributed by atoms with Crippen LogP contribution in [0.2, 0.25) is 0 Å². The van der Waals surface area contributed by atoms with Crippen molar-refractivity contribution in [2.75, 3.05) is 5.32 Å². The minimum Gasteiger partial charge on any atom is -0.333 e. The molecule has 0 radical (unpaired) electrons. The van der Waals surface area contributed by atoms with E-state index in [9.17, 15) is 4.79 Å². The smallest absolute Gasteiger partial charge is 0.270 e. The lowest BCUT2D eigenvalue weighted by Gasteiger charge is -2.06. The zero-order chi connectivity index (χ0) is 12.4. The maximum atomic E-state index is 11.6. The molecule has 2 aromatic heterocycles. The van der Waals surface area contributed by atoms with Crippen molar-refractivity contribution in [3.63, 3.8) is 0 Å². The Bertz CT molecular complexity index is 530. The largest absolute Gasteiger partial charge is 0.333 e. The summed E-state index contributed by atoms with van der Waals surface area (Å²) < 4.78 is 5.09. The van der Waals surface area contributed by atoms with E-state index in [4.69, 9.17) is 4.52 Å². The van der Waals surface area contributed by atoms with Gasteiger partial charge in [0.05, 0.1) is 5.69 Å². The van der Waals surface area contributed by atoms with Crippen LogP contribution in [0.3, 0.4) is 0 Å². The molecule has 0 atom stereocenters. The Morgan fingerprint density at radius 3 is 2.88 bits per heavy atom. The van der Waals surface area contributed by atoms with Crippen molar-refractivity contribution in [1.82, 2.24) is 10.1 Å². The molecule has 0 aromatic carbocycles. The van der Waals surface area contributed by atoms with Crippen molar-refractivity contribution >= 4 is 22.9 Å². The van der Waals surface area contributed by atoms with Crippen molar-refractivity contribution in [2.24, 2.45) is 5.92 Å². The third-order valence-corrected chi connectivity index (χ3v) is 3.07. The van der Waals surface area contributed by atoms with E-state index in [1.807, 2.05) is 25.3 Å². The van der Waals surface area contributed by atoms with Gasteiger partial charge in [-0.05, 0) is 18.4 Å². The summed E-state index contributed by atoms with van der Waals surface area (Å²) in [7, 11) is 0. The quantitative estimate of drug-likeness (QED) is 0.910. The molecule has 0 saturated carbocycles. The summed E-state index contributed by atoms with van der Waals surface area (Å²) in [5.74, 6) is 0.930. The molecule has 6 heteroatoms. The average molecular weight is 251 g/mol. The second-order valence-electron chi connectivity index (χ2n) is 3.95. The monoisotopic (exact) mass is 251 g/mol. The first-order chi connectivity index (χ1) is 8.08. The lowest BCUT2D eigenvalue weighted by Crippen LogP contribution is -2.17. The number of aryl methyl sites for hydroxylation is 1. The Balaban J connectivity index is 2.26. The van der Waals surface area contributed by atoms with Crippen LogP contribution in [0.4, 0.5) is 5.69 Å². The van der Waals surface area contributed by atoms with E-state index in [0.717, 1.165) is 10.6 Å². The van der Waals surface area contributed by atoms with Crippen LogP contribution in [0.15, 0.2) is 16.0 Å². The van der Waals surface area contributed by atoms with Crippen LogP contribution in [0.5, 0.6) is 0 Å². The van der Waals surface area contributed by atoms with Crippen LogP contribution in [0.1, 0.15) is 19.7 Å². The van der Waals surface area contributed by atoms with E-state index in [2.05, 4.69) is 15.5 Å². The van der Waals surface area contributed by atoms with Crippen LogP contribution >= 0.6 is 11.3 Å². The summed E-state index contributed by atoms with van der Waals surface area (Å²) in [5, 5.41) is 8.46. The van der Waals surface area contributed by atoms with Crippen molar-refractivity contribution < 1.29 is 9.32 Å². The minimum absolute atomic E-state index is 0.0270. The lowest BCUT2D eigenvalue weighted by molar-refractivity contribution is -0.118. The van der Waals surface area contributed by atoms with E-state index in [0.29, 0.717) is 11.7 Å². The van der Waals surface area contributed by atoms with Gasteiger partial charge in [0.25, 0.3) is 5.89 Å². The normalized spacial score (nSPS) is 10.8. The number of thiophene rings is 1. The number of hydrogen-bond acceptors (Lipinski definition) is 5. The van der Waals surface area contributed by atoms with Gasteiger partial charge < -0.3 is 9.84 Å². The van der Waals surface area contributed by atoms with E-state index < -0.39 is 0 Å². The van der Waals surface area contributed by atoms with Crippen molar-refractivity contribution in [2.45, 2.75) is 20.8 Å². The first kappa shape index (κ1) is 11.8. The Morgan fingerprint density at radius 1 is 1.53 bits per heavy atom. The van der Waals surface area contributed by atoms with Gasteiger partial charge >= 0.3 is 0 Å². The summed E-state index contributed by atoms with van der Waals surface area (Å²) in [6.45, 7) is 5.45. The fraction of sp³-hybridized carbons (Fsp3) is 0.364. The van der Waals surface area contributed by atoms with Crippen LogP contribution in [-0.2, 0) is 4.79 Å². The number of amides is 1. The molecule has 0 aliphatic heterocycles. The molecule has 1 amide bonds. The van der Waals surface area contributed by atoms with Crippen LogP contribution in [0, 0.1) is 12.8 Å². The average Bonchev–Trinajstić information content (AvgIpc) is 2.86. The topological polar surface area (TPSA) is 68.0 Å². The number of carbonyl (C=O) groups excluding carboxylic acids is 1. The highest BCUT2D eigenvalue weighted by molar-refractivity contribution is 7.14. The molecule has 0 spiro atoms. The molecule has 0 saturated heterocycles. The second kappa shape index (κ2) is 4.67. The molecule has 0 fully saturated rings. The molecule has 0 aliphatic carbocycles. The first-order valence-electron chi connectivity index (χ1n) is 5.27. The highest BCUT2D eigenvalue weighted by Gasteiger charge is 2.16. The molecule has 0 aliphatic rings. The molecule has 0 unspecified atom stereocenters. The van der Waals surface area contributed by atoms with Gasteiger partial charge in [-0.2, -0.15) is 4.98 Å². The third kappa shape index (κ3) is 2.52. The number of anilines is 1. The van der Waals surface area contributed by atoms with Crippen molar-refractivity contribution in [1.29, 1.82) is 0 Å². The molecule has 2 rings (SSSR count). The number of carbonyl (C=O) groups is 1. The third-order valence-electron chi connectivity index (χ3n) is 2.17. The molecule has 90 valence electrons. The highest BCUT2D eigenvalue weighted by atomic mass is 32.1. The Labute approximate surface area is 103 Å². The molecular weight excluding hydrogens is 238 g/mol. The number of aromatic nitrogens is 2. The Morgan fingerprint density at radius 2 is 2.29 bits per heavy atom. The fourth-order valence-corrected chi connectivity index (χ4v) is 2.01. The molecule has 0 bridgehead atoms. The summed E-state index contributed by atoms with van der Waals surface area (Å²) in [4.78, 5) is 16.6. The highest BCUT2D eigenvalue weighted by Crippen LogP contribution is 2.32. The van der Waals surface area contributed by atoms with Gasteiger partial charge in [-0.3, -0.25) is 4.79 Å². The fourth-order valence-electron chi connectivity index (χ4n) is 1.24. The van der Waals surface area contributed by atoms with Gasteiger partial charge in [0.2, 0.25) is 5.91 Å². The summed E-state index contributed by atoms with van der Waals surface area (Å²) in [6.07, 6.45) is 0. The van der Waals surface area contributed by atoms with Gasteiger partial charge in [0.1, 0.15) is 4.88 Å². The maximum Gasteiger partial charge on any atom is 0.270 e. The molecular formula is C11H13N3O2S. The van der Waals surface area contributed by atoms with E-state index in [1.54, 1.807) is 6.92 Å². The van der Waals surface area contributed by atoms with Gasteiger partial charge in [-0.25, -0.2) is 0 Å². The first-order valence-corrected chi connectivity index (χ1v) is 6.15. The molecule has 1 N–H and O–H groups in total. The SMILES string of the molecule is Cc1noc(-c2sccc2NC(=O)C(C)C)n1. The van der Waals surface area contributed by atoms with Gasteiger partial charge in [-0.1, -0.05) is 19.0 Å². The Hall–Kier alpha value is -1.69. The zero-order valence-electron chi connectivity index (χ0n) is 9.85. The van der Waals surface area contributed by atoms with Crippen LogP contribution in [0.25, 0.3) is 10.8 Å². The van der Waals surface area contributed by atoms with Gasteiger partial charge in [0, 0.05) is 5.92 Å². The number of hydrogen-bond donors (Lipinski definition) is 1. The van der Waals surface area contributed by atoms with E-state index >= 15 is 0 Å². The summed E-state index contributed by atoms with van der Waals surface area (Å²) in [6, 6.07) is 1.83. The number of nitrogens with one attached hydrogen (secondary N) is 1. The van der Waals surface area contributed by atoms with Gasteiger partial charge in [-0.15, -0.1) is 11.3 Å². The van der Waals surface area contributed by atoms with Crippen LogP contribution in [-0.4, -0.2) is 16.0 Å². The molecule has 17 heavy (non-hydrogen) atoms. The lowest BCUT2D eigenvalue weighted by atomic mass is 10.2. The summed E-state index contributed by atoms with van der Waals surface area (Å²) >= 11 is 1.46. The van der Waals surface area contributed by atoms with Gasteiger partial charge in [0.15, 0.2) is 5.82 Å². The molecule has 2 heterocycles. The van der Waals surface area contributed by atoms with E-state index in [1.165, 1.54) is 11.3 Å². The summed E-state index contributed by atoms with van der Waals surface area (Å²) in [5.41, 5.74) is 0.720. The number of nitrogens with zero attached hydrogens (tertiary/aromatic N) is 2. The molecule has 5 nitrogen and oxygen atoms in total. The predicted octanol–water partition coefficient (Wildman–Crippen LogP) is 2.70. The standard InChI is InChI=1S/C11H13N3O2S/c1-6(2)10(15)13-8-4-5-17-9(8)11-12-7(3)14-16-11/h4-6H,1-3H3,(H,13,15). The minimum atomic E-state index is -0.0628. The van der Waals surface area contributed by atoms with Crippen LogP contribution < -0.4 is 5.32 Å². The maximum absolute atomic E-state index is 11.6. The second-order valence-corrected chi connectivity index (χ2v) is 4.87. The molecule has 2 aromatic rings. The zero-order valence-corrected chi connectivity index (χ0v) is 10.7. The number of rotatable bonds is 3.